The number of imidazole rings is 1. The van der Waals surface area contributed by atoms with E-state index in [0.717, 1.165) is 5.82 Å². The third kappa shape index (κ3) is 3.66. The Morgan fingerprint density at radius 1 is 1.44 bits per heavy atom. The van der Waals surface area contributed by atoms with Gasteiger partial charge in [-0.2, -0.15) is 0 Å². The van der Waals surface area contributed by atoms with Crippen LogP contribution in [0.2, 0.25) is 0 Å². The summed E-state index contributed by atoms with van der Waals surface area (Å²) in [6.07, 6.45) is 1.56. The fourth-order valence-electron chi connectivity index (χ4n) is 1.34. The van der Waals surface area contributed by atoms with E-state index in [4.69, 9.17) is 9.47 Å². The molecular weight excluding hydrogens is 250 g/mol. The van der Waals surface area contributed by atoms with Crippen LogP contribution in [0, 0.1) is 0 Å². The molecule has 2 radical (unpaired) electrons. The molecular formula is C11H19N3O3Si. The van der Waals surface area contributed by atoms with Crippen molar-refractivity contribution in [1.29, 1.82) is 0 Å². The number of nitrogens with zero attached hydrogens (tertiary/aromatic N) is 2. The van der Waals surface area contributed by atoms with Crippen molar-refractivity contribution in [3.63, 3.8) is 0 Å². The molecule has 0 saturated carbocycles. The quantitative estimate of drug-likeness (QED) is 0.613. The molecule has 0 aliphatic carbocycles. The second kappa shape index (κ2) is 6.67. The molecule has 0 spiro atoms. The van der Waals surface area contributed by atoms with E-state index in [9.17, 15) is 4.79 Å². The first-order valence-electron chi connectivity index (χ1n) is 5.64. The smallest absolute Gasteiger partial charge is 0.263 e. The van der Waals surface area contributed by atoms with E-state index >= 15 is 0 Å². The highest BCUT2D eigenvalue weighted by molar-refractivity contribution is 6.38. The summed E-state index contributed by atoms with van der Waals surface area (Å²) in [4.78, 5) is 19.3. The second-order valence-corrected chi connectivity index (χ2v) is 5.53. The first-order valence-corrected chi connectivity index (χ1v) is 6.66. The van der Waals surface area contributed by atoms with Crippen molar-refractivity contribution in [2.24, 2.45) is 0 Å². The number of ether oxygens (including phenoxy) is 2. The normalized spacial score (nSPS) is 11.3. The Balaban J connectivity index is 2.67. The highest BCUT2D eigenvalue weighted by atomic mass is 28.2. The molecule has 0 atom stereocenters. The average Bonchev–Trinajstić information content (AvgIpc) is 2.84. The lowest BCUT2D eigenvalue weighted by Gasteiger charge is -2.19. The van der Waals surface area contributed by atoms with Crippen LogP contribution in [0.25, 0.3) is 0 Å². The predicted octanol–water partition coefficient (Wildman–Crippen LogP) is 0.801. The van der Waals surface area contributed by atoms with E-state index in [0.29, 0.717) is 5.69 Å². The van der Waals surface area contributed by atoms with Gasteiger partial charge in [-0.1, -0.05) is 13.8 Å². The molecule has 1 aromatic rings. The van der Waals surface area contributed by atoms with Crippen molar-refractivity contribution in [2.75, 3.05) is 21.3 Å². The van der Waals surface area contributed by atoms with Crippen LogP contribution in [0.15, 0.2) is 6.20 Å². The molecule has 100 valence electrons. The fraction of sp³-hybridized carbons (Fsp3) is 0.636. The molecule has 7 heteroatoms. The third-order valence-electron chi connectivity index (χ3n) is 2.40. The van der Waals surface area contributed by atoms with Crippen molar-refractivity contribution in [2.45, 2.75) is 25.7 Å². The molecule has 0 saturated heterocycles. The van der Waals surface area contributed by atoms with Crippen LogP contribution in [-0.2, 0) is 9.47 Å². The van der Waals surface area contributed by atoms with Crippen molar-refractivity contribution < 1.29 is 14.3 Å². The van der Waals surface area contributed by atoms with Crippen LogP contribution >= 0.6 is 0 Å². The summed E-state index contributed by atoms with van der Waals surface area (Å²) in [6, 6.07) is 0. The highest BCUT2D eigenvalue weighted by Gasteiger charge is 2.20. The van der Waals surface area contributed by atoms with Gasteiger partial charge in [0.2, 0.25) is 0 Å². The van der Waals surface area contributed by atoms with Crippen LogP contribution in [0.4, 0.5) is 0 Å². The summed E-state index contributed by atoms with van der Waals surface area (Å²) in [7, 11) is 4.90. The molecule has 0 aromatic carbocycles. The standard InChI is InChI=1S/C11H19N3O3Si/c1-7(2)9-12-6-8(13-9)10(15)14(3)18-11(16-4)17-5/h6-7,11H,1-5H3,(H,12,13). The topological polar surface area (TPSA) is 67.5 Å². The van der Waals surface area contributed by atoms with Crippen LogP contribution < -0.4 is 0 Å². The summed E-state index contributed by atoms with van der Waals surface area (Å²) < 4.78 is 11.7. The molecule has 18 heavy (non-hydrogen) atoms. The van der Waals surface area contributed by atoms with Gasteiger partial charge in [-0.15, -0.1) is 0 Å². The number of nitrogens with one attached hydrogen (secondary N) is 1. The van der Waals surface area contributed by atoms with Gasteiger partial charge in [-0.05, 0) is 0 Å². The third-order valence-corrected chi connectivity index (χ3v) is 3.68. The molecule has 1 heterocycles. The number of carbonyl (C=O) groups is 1. The minimum Gasteiger partial charge on any atom is -0.362 e. The van der Waals surface area contributed by atoms with E-state index in [1.165, 1.54) is 0 Å². The van der Waals surface area contributed by atoms with Crippen molar-refractivity contribution in [3.05, 3.63) is 17.7 Å². The van der Waals surface area contributed by atoms with Crippen molar-refractivity contribution in [3.8, 4) is 0 Å². The maximum absolute atomic E-state index is 12.1. The Kier molecular flexibility index (Phi) is 5.51. The van der Waals surface area contributed by atoms with Gasteiger partial charge in [0, 0.05) is 27.2 Å². The Morgan fingerprint density at radius 2 is 2.06 bits per heavy atom. The molecule has 1 N–H and O–H groups in total. The fourth-order valence-corrected chi connectivity index (χ4v) is 2.10. The lowest BCUT2D eigenvalue weighted by molar-refractivity contribution is -0.0473. The lowest BCUT2D eigenvalue weighted by Crippen LogP contribution is -2.39. The van der Waals surface area contributed by atoms with Gasteiger partial charge >= 0.3 is 0 Å². The average molecular weight is 269 g/mol. The molecule has 1 rings (SSSR count). The van der Waals surface area contributed by atoms with E-state index in [1.807, 2.05) is 13.8 Å². The van der Waals surface area contributed by atoms with E-state index in [-0.39, 0.29) is 21.5 Å². The number of hydrogen-bond acceptors (Lipinski definition) is 4. The number of aromatic amines is 1. The number of carbonyl (C=O) groups excluding carboxylic acids is 1. The number of H-pyrrole nitrogens is 1. The van der Waals surface area contributed by atoms with Gasteiger partial charge < -0.3 is 19.0 Å². The molecule has 1 amide bonds. The Morgan fingerprint density at radius 3 is 2.50 bits per heavy atom. The van der Waals surface area contributed by atoms with Crippen LogP contribution in [0.3, 0.4) is 0 Å². The minimum atomic E-state index is -0.397. The predicted molar refractivity (Wildman–Crippen MR) is 68.3 cm³/mol. The van der Waals surface area contributed by atoms with E-state index < -0.39 is 5.91 Å². The van der Waals surface area contributed by atoms with Gasteiger partial charge in [0.25, 0.3) is 15.6 Å². The maximum Gasteiger partial charge on any atom is 0.263 e. The number of methoxy groups -OCH3 is 2. The molecule has 0 aliphatic heterocycles. The van der Waals surface area contributed by atoms with Crippen molar-refractivity contribution >= 4 is 15.6 Å². The largest absolute Gasteiger partial charge is 0.362 e. The van der Waals surface area contributed by atoms with Crippen LogP contribution in [0.5, 0.6) is 0 Å². The second-order valence-electron chi connectivity index (χ2n) is 4.13. The molecule has 1 aromatic heterocycles. The van der Waals surface area contributed by atoms with Gasteiger partial charge in [0.15, 0.2) is 5.91 Å². The maximum atomic E-state index is 12.1. The lowest BCUT2D eigenvalue weighted by atomic mass is 10.2. The summed E-state index contributed by atoms with van der Waals surface area (Å²) in [5, 5.41) is 0. The number of rotatable bonds is 6. The van der Waals surface area contributed by atoms with Crippen LogP contribution in [-0.4, -0.2) is 57.3 Å². The molecule has 0 bridgehead atoms. The Labute approximate surface area is 110 Å². The van der Waals surface area contributed by atoms with Crippen molar-refractivity contribution in [1.82, 2.24) is 14.5 Å². The van der Waals surface area contributed by atoms with Gasteiger partial charge in [-0.3, -0.25) is 4.79 Å². The zero-order valence-electron chi connectivity index (χ0n) is 11.4. The van der Waals surface area contributed by atoms with E-state index in [2.05, 4.69) is 9.97 Å². The summed E-state index contributed by atoms with van der Waals surface area (Å²) in [5.74, 6) is 0.563. The minimum absolute atomic E-state index is 0.0983. The Hall–Kier alpha value is -1.18. The first kappa shape index (κ1) is 14.9. The Bertz CT molecular complexity index is 391. The number of amides is 1. The first-order chi connectivity index (χ1) is 8.49. The number of aromatic nitrogens is 2. The summed E-state index contributed by atoms with van der Waals surface area (Å²) in [5.41, 5.74) is 0.486. The SMILES string of the molecule is COC(OC)[Si]N(C)C(=O)c1cnc(C(C)C)[nH]1. The van der Waals surface area contributed by atoms with Gasteiger partial charge in [-0.25, -0.2) is 4.98 Å². The highest BCUT2D eigenvalue weighted by Crippen LogP contribution is 2.10. The molecule has 0 fully saturated rings. The zero-order valence-corrected chi connectivity index (χ0v) is 12.4. The molecule has 0 aliphatic rings. The van der Waals surface area contributed by atoms with Crippen LogP contribution in [0.1, 0.15) is 36.1 Å². The zero-order chi connectivity index (χ0) is 13.7. The monoisotopic (exact) mass is 269 g/mol. The summed E-state index contributed by atoms with van der Waals surface area (Å²) in [6.45, 7) is 4.04. The molecule has 6 nitrogen and oxygen atoms in total. The number of hydrogen-bond donors (Lipinski definition) is 1. The van der Waals surface area contributed by atoms with Gasteiger partial charge in [0.05, 0.1) is 6.20 Å². The molecule has 0 unspecified atom stereocenters. The summed E-state index contributed by atoms with van der Waals surface area (Å²) >= 11 is 0. The van der Waals surface area contributed by atoms with E-state index in [1.54, 1.807) is 32.0 Å². The van der Waals surface area contributed by atoms with Gasteiger partial charge in [0.1, 0.15) is 11.5 Å².